The van der Waals surface area contributed by atoms with Gasteiger partial charge in [-0.3, -0.25) is 4.72 Å². The number of hydrogen-bond acceptors (Lipinski definition) is 4. The maximum absolute atomic E-state index is 13.3. The maximum Gasteiger partial charge on any atom is 0.264 e. The quantitative estimate of drug-likeness (QED) is 0.942. The van der Waals surface area contributed by atoms with Crippen LogP contribution >= 0.6 is 11.3 Å². The second-order valence-corrected chi connectivity index (χ2v) is 7.92. The smallest absolute Gasteiger partial charge is 0.255 e. The average Bonchev–Trinajstić information content (AvgIpc) is 2.86. The lowest BCUT2D eigenvalue weighted by Gasteiger charge is -2.11. The van der Waals surface area contributed by atoms with Crippen LogP contribution in [0.15, 0.2) is 17.0 Å². The van der Waals surface area contributed by atoms with Gasteiger partial charge in [0.2, 0.25) is 0 Å². The molecular formula is C14H15FN2O2S2. The molecule has 1 heterocycles. The molecule has 1 aliphatic carbocycles. The van der Waals surface area contributed by atoms with E-state index in [1.165, 1.54) is 23.5 Å². The van der Waals surface area contributed by atoms with Crippen LogP contribution in [0.2, 0.25) is 0 Å². The first-order valence-electron chi connectivity index (χ1n) is 6.65. The van der Waals surface area contributed by atoms with Crippen LogP contribution in [0.4, 0.5) is 9.52 Å². The topological polar surface area (TPSA) is 59.1 Å². The van der Waals surface area contributed by atoms with Gasteiger partial charge in [-0.25, -0.2) is 17.8 Å². The van der Waals surface area contributed by atoms with E-state index >= 15 is 0 Å². The Kier molecular flexibility index (Phi) is 3.49. The van der Waals surface area contributed by atoms with Gasteiger partial charge < -0.3 is 0 Å². The van der Waals surface area contributed by atoms with Crippen molar-refractivity contribution in [3.8, 4) is 0 Å². The summed E-state index contributed by atoms with van der Waals surface area (Å²) < 4.78 is 40.9. The maximum atomic E-state index is 13.3. The third kappa shape index (κ3) is 2.67. The molecule has 0 amide bonds. The Balaban J connectivity index is 1.97. The molecule has 1 N–H and O–H groups in total. The summed E-state index contributed by atoms with van der Waals surface area (Å²) in [6.45, 7) is 3.18. The number of sulfonamides is 1. The van der Waals surface area contributed by atoms with Crippen molar-refractivity contribution in [2.75, 3.05) is 4.72 Å². The normalized spacial score (nSPS) is 14.2. The average molecular weight is 326 g/mol. The third-order valence-corrected chi connectivity index (χ3v) is 6.36. The zero-order valence-electron chi connectivity index (χ0n) is 11.7. The summed E-state index contributed by atoms with van der Waals surface area (Å²) in [7, 11) is -3.75. The van der Waals surface area contributed by atoms with E-state index in [1.807, 2.05) is 0 Å². The van der Waals surface area contributed by atoms with E-state index in [9.17, 15) is 12.8 Å². The lowest BCUT2D eigenvalue weighted by atomic mass is 10.1. The standard InChI is InChI=1S/C14H15FN2O2S2/c1-8-6-10(15)7-9(2)13(8)21(18,19)17-14-16-11-4-3-5-12(11)20-14/h6-7H,3-5H2,1-2H3,(H,16,17). The minimum absolute atomic E-state index is 0.124. The lowest BCUT2D eigenvalue weighted by molar-refractivity contribution is 0.597. The van der Waals surface area contributed by atoms with Crippen LogP contribution in [0.3, 0.4) is 0 Å². The molecule has 1 aromatic heterocycles. The Morgan fingerprint density at radius 3 is 2.52 bits per heavy atom. The highest BCUT2D eigenvalue weighted by Crippen LogP contribution is 2.32. The van der Waals surface area contributed by atoms with E-state index in [0.29, 0.717) is 16.3 Å². The van der Waals surface area contributed by atoms with Crippen LogP contribution in [0, 0.1) is 19.7 Å². The molecule has 0 radical (unpaired) electrons. The van der Waals surface area contributed by atoms with E-state index in [4.69, 9.17) is 0 Å². The number of hydrogen-bond donors (Lipinski definition) is 1. The molecule has 0 atom stereocenters. The van der Waals surface area contributed by atoms with Crippen molar-refractivity contribution < 1.29 is 12.8 Å². The monoisotopic (exact) mass is 326 g/mol. The van der Waals surface area contributed by atoms with Crippen LogP contribution in [0.1, 0.15) is 28.1 Å². The Hall–Kier alpha value is -1.47. The van der Waals surface area contributed by atoms with Gasteiger partial charge in [-0.05, 0) is 56.4 Å². The molecule has 0 saturated heterocycles. The Morgan fingerprint density at radius 2 is 1.90 bits per heavy atom. The molecule has 0 unspecified atom stereocenters. The number of nitrogens with zero attached hydrogens (tertiary/aromatic N) is 1. The lowest BCUT2D eigenvalue weighted by Crippen LogP contribution is -2.16. The predicted octanol–water partition coefficient (Wildman–Crippen LogP) is 3.19. The minimum Gasteiger partial charge on any atom is -0.255 e. The molecule has 1 aliphatic rings. The van der Waals surface area contributed by atoms with Crippen LogP contribution in [0.5, 0.6) is 0 Å². The molecule has 0 aliphatic heterocycles. The largest absolute Gasteiger partial charge is 0.264 e. The number of nitrogens with one attached hydrogen (secondary N) is 1. The molecule has 3 rings (SSSR count). The van der Waals surface area contributed by atoms with E-state index in [1.54, 1.807) is 13.8 Å². The van der Waals surface area contributed by atoms with E-state index < -0.39 is 15.8 Å². The summed E-state index contributed by atoms with van der Waals surface area (Å²) in [5, 5.41) is 0.392. The fourth-order valence-electron chi connectivity index (χ4n) is 2.72. The summed E-state index contributed by atoms with van der Waals surface area (Å²) in [5.41, 5.74) is 1.78. The van der Waals surface area contributed by atoms with Gasteiger partial charge in [-0.1, -0.05) is 0 Å². The van der Waals surface area contributed by atoms with E-state index in [2.05, 4.69) is 9.71 Å². The van der Waals surface area contributed by atoms with Gasteiger partial charge in [0.25, 0.3) is 10.0 Å². The Labute approximate surface area is 127 Å². The highest BCUT2D eigenvalue weighted by Gasteiger charge is 2.24. The summed E-state index contributed by atoms with van der Waals surface area (Å²) in [6.07, 6.45) is 2.95. The molecule has 2 aromatic rings. The number of anilines is 1. The van der Waals surface area contributed by atoms with Crippen LogP contribution in [-0.2, 0) is 22.9 Å². The van der Waals surface area contributed by atoms with Gasteiger partial charge >= 0.3 is 0 Å². The molecule has 0 fully saturated rings. The number of thiazole rings is 1. The summed E-state index contributed by atoms with van der Waals surface area (Å²) in [5.74, 6) is -0.433. The third-order valence-electron chi connectivity index (χ3n) is 3.51. The van der Waals surface area contributed by atoms with Gasteiger partial charge in [-0.2, -0.15) is 0 Å². The second kappa shape index (κ2) is 5.06. The summed E-state index contributed by atoms with van der Waals surface area (Å²) in [6, 6.07) is 2.45. The van der Waals surface area contributed by atoms with Gasteiger partial charge in [0.15, 0.2) is 5.13 Å². The van der Waals surface area contributed by atoms with E-state index in [-0.39, 0.29) is 4.90 Å². The highest BCUT2D eigenvalue weighted by atomic mass is 32.2. The fourth-order valence-corrected chi connectivity index (χ4v) is 5.46. The highest BCUT2D eigenvalue weighted by molar-refractivity contribution is 7.93. The first-order valence-corrected chi connectivity index (χ1v) is 8.95. The summed E-state index contributed by atoms with van der Waals surface area (Å²) >= 11 is 1.38. The number of benzene rings is 1. The van der Waals surface area contributed by atoms with Crippen molar-refractivity contribution in [2.24, 2.45) is 0 Å². The second-order valence-electron chi connectivity index (χ2n) is 5.22. The van der Waals surface area contributed by atoms with Crippen molar-refractivity contribution in [3.05, 3.63) is 39.6 Å². The Bertz CT molecular complexity index is 768. The fraction of sp³-hybridized carbons (Fsp3) is 0.357. The van der Waals surface area contributed by atoms with Crippen molar-refractivity contribution in [2.45, 2.75) is 38.0 Å². The molecular weight excluding hydrogens is 311 g/mol. The van der Waals surface area contributed by atoms with Crippen molar-refractivity contribution >= 4 is 26.5 Å². The van der Waals surface area contributed by atoms with Crippen LogP contribution < -0.4 is 4.72 Å². The summed E-state index contributed by atoms with van der Waals surface area (Å²) in [4.78, 5) is 5.61. The molecule has 0 bridgehead atoms. The zero-order valence-corrected chi connectivity index (χ0v) is 13.4. The van der Waals surface area contributed by atoms with Gasteiger partial charge in [0, 0.05) is 4.88 Å². The predicted molar refractivity (Wildman–Crippen MR) is 80.8 cm³/mol. The Morgan fingerprint density at radius 1 is 1.24 bits per heavy atom. The molecule has 112 valence electrons. The molecule has 1 aromatic carbocycles. The van der Waals surface area contributed by atoms with E-state index in [0.717, 1.165) is 29.8 Å². The first kappa shape index (κ1) is 14.5. The molecule has 0 saturated carbocycles. The SMILES string of the molecule is Cc1cc(F)cc(C)c1S(=O)(=O)Nc1nc2c(s1)CCC2. The number of rotatable bonds is 3. The van der Waals surface area contributed by atoms with Crippen molar-refractivity contribution in [3.63, 3.8) is 0 Å². The molecule has 0 spiro atoms. The van der Waals surface area contributed by atoms with Gasteiger partial charge in [-0.15, -0.1) is 11.3 Å². The van der Waals surface area contributed by atoms with Crippen molar-refractivity contribution in [1.82, 2.24) is 4.98 Å². The minimum atomic E-state index is -3.75. The van der Waals surface area contributed by atoms with Crippen LogP contribution in [-0.4, -0.2) is 13.4 Å². The zero-order chi connectivity index (χ0) is 15.2. The first-order chi connectivity index (χ1) is 9.87. The molecule has 21 heavy (non-hydrogen) atoms. The van der Waals surface area contributed by atoms with Crippen molar-refractivity contribution in [1.29, 1.82) is 0 Å². The van der Waals surface area contributed by atoms with Gasteiger partial charge in [0.05, 0.1) is 10.6 Å². The number of aromatic nitrogens is 1. The van der Waals surface area contributed by atoms with Gasteiger partial charge in [0.1, 0.15) is 5.82 Å². The molecule has 4 nitrogen and oxygen atoms in total. The number of fused-ring (bicyclic) bond motifs is 1. The number of aryl methyl sites for hydroxylation is 4. The van der Waals surface area contributed by atoms with Crippen LogP contribution in [0.25, 0.3) is 0 Å². The molecule has 7 heteroatoms. The number of halogens is 1.